The average molecular weight is 278 g/mol. The third kappa shape index (κ3) is 3.07. The van der Waals surface area contributed by atoms with E-state index in [1.807, 2.05) is 12.1 Å². The molecule has 0 saturated carbocycles. The van der Waals surface area contributed by atoms with Crippen LogP contribution in [-0.4, -0.2) is 37.7 Å². The number of benzene rings is 1. The van der Waals surface area contributed by atoms with E-state index in [0.29, 0.717) is 18.0 Å². The van der Waals surface area contributed by atoms with Crippen molar-refractivity contribution in [2.75, 3.05) is 20.8 Å². The standard InChI is InChI=1S/C16H26N2O2/c1-11-12(2)18(8-7-15(11)17)10-13-5-6-14(19-3)9-16(13)20-4/h5-6,9,11-12,15H,7-8,10,17H2,1-4H3. The summed E-state index contributed by atoms with van der Waals surface area (Å²) in [5.74, 6) is 2.24. The molecule has 3 unspecified atom stereocenters. The van der Waals surface area contributed by atoms with Crippen LogP contribution in [0.3, 0.4) is 0 Å². The molecule has 0 aromatic heterocycles. The smallest absolute Gasteiger partial charge is 0.127 e. The molecule has 1 aromatic carbocycles. The first-order valence-corrected chi connectivity index (χ1v) is 7.27. The maximum Gasteiger partial charge on any atom is 0.127 e. The second kappa shape index (κ2) is 6.46. The summed E-state index contributed by atoms with van der Waals surface area (Å²) in [4.78, 5) is 2.48. The molecule has 2 N–H and O–H groups in total. The van der Waals surface area contributed by atoms with E-state index < -0.39 is 0 Å². The van der Waals surface area contributed by atoms with Crippen LogP contribution in [0.1, 0.15) is 25.8 Å². The number of nitrogens with zero attached hydrogens (tertiary/aromatic N) is 1. The quantitative estimate of drug-likeness (QED) is 0.918. The molecule has 1 aliphatic rings. The zero-order valence-electron chi connectivity index (χ0n) is 12.9. The summed E-state index contributed by atoms with van der Waals surface area (Å²) in [7, 11) is 3.38. The summed E-state index contributed by atoms with van der Waals surface area (Å²) in [6.07, 6.45) is 1.06. The summed E-state index contributed by atoms with van der Waals surface area (Å²) in [5.41, 5.74) is 7.35. The molecular formula is C16H26N2O2. The molecule has 0 bridgehead atoms. The number of nitrogens with two attached hydrogens (primary N) is 1. The molecule has 112 valence electrons. The van der Waals surface area contributed by atoms with Crippen LogP contribution < -0.4 is 15.2 Å². The van der Waals surface area contributed by atoms with E-state index in [1.54, 1.807) is 14.2 Å². The van der Waals surface area contributed by atoms with Crippen molar-refractivity contribution in [3.05, 3.63) is 23.8 Å². The molecule has 4 nitrogen and oxygen atoms in total. The molecule has 1 saturated heterocycles. The van der Waals surface area contributed by atoms with Gasteiger partial charge in [0.05, 0.1) is 14.2 Å². The van der Waals surface area contributed by atoms with Crippen LogP contribution in [0.25, 0.3) is 0 Å². The Kier molecular flexibility index (Phi) is 4.89. The highest BCUT2D eigenvalue weighted by Gasteiger charge is 2.30. The number of likely N-dealkylation sites (tertiary alicyclic amines) is 1. The molecule has 1 fully saturated rings. The average Bonchev–Trinajstić information content (AvgIpc) is 2.48. The summed E-state index contributed by atoms with van der Waals surface area (Å²) in [6, 6.07) is 6.83. The third-order valence-corrected chi connectivity index (χ3v) is 4.63. The Morgan fingerprint density at radius 3 is 2.65 bits per heavy atom. The van der Waals surface area contributed by atoms with E-state index in [2.05, 4.69) is 24.8 Å². The SMILES string of the molecule is COc1ccc(CN2CCC(N)C(C)C2C)c(OC)c1. The minimum Gasteiger partial charge on any atom is -0.497 e. The van der Waals surface area contributed by atoms with Gasteiger partial charge < -0.3 is 15.2 Å². The second-order valence-electron chi connectivity index (χ2n) is 5.70. The van der Waals surface area contributed by atoms with Crippen LogP contribution in [0.15, 0.2) is 18.2 Å². The van der Waals surface area contributed by atoms with Gasteiger partial charge in [-0.1, -0.05) is 13.0 Å². The van der Waals surface area contributed by atoms with Crippen LogP contribution >= 0.6 is 0 Å². The molecule has 1 aliphatic heterocycles. The summed E-state index contributed by atoms with van der Waals surface area (Å²) in [5, 5.41) is 0. The predicted octanol–water partition coefficient (Wildman–Crippen LogP) is 2.26. The van der Waals surface area contributed by atoms with Gasteiger partial charge in [-0.25, -0.2) is 0 Å². The van der Waals surface area contributed by atoms with Crippen LogP contribution in [0.4, 0.5) is 0 Å². The Hall–Kier alpha value is -1.26. The number of methoxy groups -OCH3 is 2. The van der Waals surface area contributed by atoms with Gasteiger partial charge in [0.25, 0.3) is 0 Å². The zero-order valence-corrected chi connectivity index (χ0v) is 12.9. The highest BCUT2D eigenvalue weighted by molar-refractivity contribution is 5.40. The van der Waals surface area contributed by atoms with Gasteiger partial charge in [0.15, 0.2) is 0 Å². The minimum atomic E-state index is 0.319. The van der Waals surface area contributed by atoms with Crippen molar-refractivity contribution < 1.29 is 9.47 Å². The monoisotopic (exact) mass is 278 g/mol. The highest BCUT2D eigenvalue weighted by atomic mass is 16.5. The first-order valence-electron chi connectivity index (χ1n) is 7.27. The largest absolute Gasteiger partial charge is 0.497 e. The van der Waals surface area contributed by atoms with Crippen molar-refractivity contribution >= 4 is 0 Å². The molecule has 1 heterocycles. The molecule has 0 spiro atoms. The zero-order chi connectivity index (χ0) is 14.7. The highest BCUT2D eigenvalue weighted by Crippen LogP contribution is 2.29. The third-order valence-electron chi connectivity index (χ3n) is 4.63. The molecule has 0 radical (unpaired) electrons. The normalized spacial score (nSPS) is 27.4. The topological polar surface area (TPSA) is 47.7 Å². The summed E-state index contributed by atoms with van der Waals surface area (Å²) in [6.45, 7) is 6.44. The Bertz CT molecular complexity index is 450. The van der Waals surface area contributed by atoms with Gasteiger partial charge in [-0.15, -0.1) is 0 Å². The number of ether oxygens (including phenoxy) is 2. The Morgan fingerprint density at radius 2 is 2.00 bits per heavy atom. The molecule has 20 heavy (non-hydrogen) atoms. The van der Waals surface area contributed by atoms with Crippen molar-refractivity contribution in [2.24, 2.45) is 11.7 Å². The van der Waals surface area contributed by atoms with Crippen molar-refractivity contribution in [3.8, 4) is 11.5 Å². The lowest BCUT2D eigenvalue weighted by Crippen LogP contribution is -2.51. The lowest BCUT2D eigenvalue weighted by molar-refractivity contribution is 0.0902. The molecular weight excluding hydrogens is 252 g/mol. The van der Waals surface area contributed by atoms with E-state index in [0.717, 1.165) is 31.0 Å². The first-order chi connectivity index (χ1) is 9.56. The molecule has 0 aliphatic carbocycles. The Morgan fingerprint density at radius 1 is 1.25 bits per heavy atom. The molecule has 4 heteroatoms. The fourth-order valence-electron chi connectivity index (χ4n) is 2.90. The Labute approximate surface area is 121 Å². The number of hydrogen-bond donors (Lipinski definition) is 1. The first kappa shape index (κ1) is 15.1. The van der Waals surface area contributed by atoms with Crippen LogP contribution in [0.5, 0.6) is 11.5 Å². The van der Waals surface area contributed by atoms with Crippen LogP contribution in [0.2, 0.25) is 0 Å². The maximum absolute atomic E-state index is 6.15. The van der Waals surface area contributed by atoms with Crippen molar-refractivity contribution in [1.29, 1.82) is 0 Å². The van der Waals surface area contributed by atoms with Crippen LogP contribution in [0, 0.1) is 5.92 Å². The molecule has 0 amide bonds. The van der Waals surface area contributed by atoms with Gasteiger partial charge in [0, 0.05) is 36.8 Å². The predicted molar refractivity (Wildman–Crippen MR) is 81.2 cm³/mol. The van der Waals surface area contributed by atoms with Gasteiger partial charge in [0.1, 0.15) is 11.5 Å². The summed E-state index contributed by atoms with van der Waals surface area (Å²) >= 11 is 0. The van der Waals surface area contributed by atoms with Gasteiger partial charge in [-0.3, -0.25) is 4.90 Å². The van der Waals surface area contributed by atoms with Crippen molar-refractivity contribution in [1.82, 2.24) is 4.90 Å². The number of rotatable bonds is 4. The number of piperidine rings is 1. The number of hydrogen-bond acceptors (Lipinski definition) is 4. The van der Waals surface area contributed by atoms with E-state index in [9.17, 15) is 0 Å². The molecule has 2 rings (SSSR count). The van der Waals surface area contributed by atoms with E-state index in [4.69, 9.17) is 15.2 Å². The maximum atomic E-state index is 6.15. The van der Waals surface area contributed by atoms with Crippen LogP contribution in [-0.2, 0) is 6.54 Å². The second-order valence-corrected chi connectivity index (χ2v) is 5.70. The van der Waals surface area contributed by atoms with Gasteiger partial charge >= 0.3 is 0 Å². The van der Waals surface area contributed by atoms with Crippen molar-refractivity contribution in [3.63, 3.8) is 0 Å². The van der Waals surface area contributed by atoms with Gasteiger partial charge in [-0.05, 0) is 25.3 Å². The lowest BCUT2D eigenvalue weighted by atomic mass is 9.87. The summed E-state index contributed by atoms with van der Waals surface area (Å²) < 4.78 is 10.7. The fraction of sp³-hybridized carbons (Fsp3) is 0.625. The fourth-order valence-corrected chi connectivity index (χ4v) is 2.90. The minimum absolute atomic E-state index is 0.319. The molecule has 1 aromatic rings. The van der Waals surface area contributed by atoms with E-state index in [1.165, 1.54) is 5.56 Å². The Balaban J connectivity index is 2.13. The van der Waals surface area contributed by atoms with E-state index >= 15 is 0 Å². The van der Waals surface area contributed by atoms with Gasteiger partial charge in [0.2, 0.25) is 0 Å². The van der Waals surface area contributed by atoms with Crippen molar-refractivity contribution in [2.45, 2.75) is 38.9 Å². The molecule has 3 atom stereocenters. The lowest BCUT2D eigenvalue weighted by Gasteiger charge is -2.41. The van der Waals surface area contributed by atoms with Gasteiger partial charge in [-0.2, -0.15) is 0 Å². The van der Waals surface area contributed by atoms with E-state index in [-0.39, 0.29) is 0 Å².